The molecule has 1 amide bonds. The molecule has 0 aromatic carbocycles. The lowest BCUT2D eigenvalue weighted by Crippen LogP contribution is -2.36. The number of anilines is 1. The minimum atomic E-state index is -0.379. The van der Waals surface area contributed by atoms with Gasteiger partial charge in [0.2, 0.25) is 5.91 Å². The predicted octanol–water partition coefficient (Wildman–Crippen LogP) is 1.98. The molecule has 1 aliphatic heterocycles. The van der Waals surface area contributed by atoms with Crippen molar-refractivity contribution in [1.29, 1.82) is 0 Å². The number of carbonyl (C=O) groups excluding carboxylic acids is 1. The van der Waals surface area contributed by atoms with Gasteiger partial charge in [-0.2, -0.15) is 5.10 Å². The number of nitrogens with zero attached hydrogens (tertiary/aromatic N) is 5. The summed E-state index contributed by atoms with van der Waals surface area (Å²) in [5.41, 5.74) is 0.450. The Bertz CT molecular complexity index is 711. The summed E-state index contributed by atoms with van der Waals surface area (Å²) in [6, 6.07) is 0. The van der Waals surface area contributed by atoms with Gasteiger partial charge in [0.05, 0.1) is 18.1 Å². The third kappa shape index (κ3) is 3.49. The number of aromatic nitrogens is 4. The standard InChI is InChI=1S/C17H26N6O/c1-17(2,3)16(24)18-7-10-23-15-13(11-21-23)14(19-12-20-15)22-8-5-4-6-9-22/h11-12H,4-10H2,1-3H3,(H,18,24). The number of rotatable bonds is 4. The van der Waals surface area contributed by atoms with Gasteiger partial charge in [0.25, 0.3) is 0 Å². The van der Waals surface area contributed by atoms with E-state index in [0.717, 1.165) is 29.9 Å². The maximum Gasteiger partial charge on any atom is 0.225 e. The first-order valence-electron chi connectivity index (χ1n) is 8.66. The van der Waals surface area contributed by atoms with Crippen LogP contribution in [0.15, 0.2) is 12.5 Å². The zero-order valence-electron chi connectivity index (χ0n) is 14.7. The second-order valence-electron chi connectivity index (χ2n) is 7.36. The molecular weight excluding hydrogens is 304 g/mol. The highest BCUT2D eigenvalue weighted by atomic mass is 16.2. The zero-order chi connectivity index (χ0) is 17.2. The van der Waals surface area contributed by atoms with E-state index in [0.29, 0.717) is 13.1 Å². The Morgan fingerprint density at radius 1 is 1.21 bits per heavy atom. The second-order valence-corrected chi connectivity index (χ2v) is 7.36. The van der Waals surface area contributed by atoms with Crippen molar-refractivity contribution in [3.05, 3.63) is 12.5 Å². The van der Waals surface area contributed by atoms with E-state index in [-0.39, 0.29) is 11.3 Å². The first-order chi connectivity index (χ1) is 11.5. The summed E-state index contributed by atoms with van der Waals surface area (Å²) in [5.74, 6) is 1.02. The maximum atomic E-state index is 11.9. The number of hydrogen-bond donors (Lipinski definition) is 1. The molecule has 7 nitrogen and oxygen atoms in total. The summed E-state index contributed by atoms with van der Waals surface area (Å²) in [4.78, 5) is 23.1. The average Bonchev–Trinajstić information content (AvgIpc) is 2.98. The van der Waals surface area contributed by atoms with Crippen molar-refractivity contribution in [3.8, 4) is 0 Å². The Balaban J connectivity index is 1.72. The minimum Gasteiger partial charge on any atom is -0.356 e. The Hall–Kier alpha value is -2.18. The molecule has 1 aliphatic rings. The van der Waals surface area contributed by atoms with Crippen LogP contribution in [0.3, 0.4) is 0 Å². The molecule has 1 N–H and O–H groups in total. The van der Waals surface area contributed by atoms with E-state index < -0.39 is 0 Å². The molecule has 0 saturated carbocycles. The number of carbonyl (C=O) groups is 1. The van der Waals surface area contributed by atoms with Crippen molar-refractivity contribution in [1.82, 2.24) is 25.1 Å². The quantitative estimate of drug-likeness (QED) is 0.927. The summed E-state index contributed by atoms with van der Waals surface area (Å²) < 4.78 is 1.84. The van der Waals surface area contributed by atoms with Crippen LogP contribution in [0.4, 0.5) is 5.82 Å². The first-order valence-corrected chi connectivity index (χ1v) is 8.66. The Morgan fingerprint density at radius 3 is 2.67 bits per heavy atom. The number of hydrogen-bond acceptors (Lipinski definition) is 5. The van der Waals surface area contributed by atoms with Gasteiger partial charge in [-0.1, -0.05) is 20.8 Å². The van der Waals surface area contributed by atoms with Gasteiger partial charge in [-0.15, -0.1) is 0 Å². The van der Waals surface area contributed by atoms with Crippen molar-refractivity contribution in [2.45, 2.75) is 46.6 Å². The van der Waals surface area contributed by atoms with Gasteiger partial charge < -0.3 is 10.2 Å². The highest BCUT2D eigenvalue weighted by molar-refractivity contribution is 5.86. The van der Waals surface area contributed by atoms with Crippen LogP contribution >= 0.6 is 0 Å². The number of amides is 1. The van der Waals surface area contributed by atoms with Gasteiger partial charge in [0, 0.05) is 25.0 Å². The zero-order valence-corrected chi connectivity index (χ0v) is 14.7. The SMILES string of the molecule is CC(C)(C)C(=O)NCCn1ncc2c(N3CCCCC3)ncnc21. The lowest BCUT2D eigenvalue weighted by Gasteiger charge is -2.27. The molecule has 0 aliphatic carbocycles. The minimum absolute atomic E-state index is 0.0441. The predicted molar refractivity (Wildman–Crippen MR) is 93.9 cm³/mol. The van der Waals surface area contributed by atoms with Crippen LogP contribution in [-0.2, 0) is 11.3 Å². The van der Waals surface area contributed by atoms with Crippen LogP contribution in [0.25, 0.3) is 11.0 Å². The summed E-state index contributed by atoms with van der Waals surface area (Å²) >= 11 is 0. The van der Waals surface area contributed by atoms with Crippen LogP contribution in [0.5, 0.6) is 0 Å². The molecule has 2 aromatic rings. The van der Waals surface area contributed by atoms with Crippen LogP contribution in [0.2, 0.25) is 0 Å². The van der Waals surface area contributed by atoms with E-state index in [1.54, 1.807) is 6.33 Å². The molecule has 0 spiro atoms. The van der Waals surface area contributed by atoms with Gasteiger partial charge >= 0.3 is 0 Å². The average molecular weight is 330 g/mol. The molecule has 24 heavy (non-hydrogen) atoms. The largest absolute Gasteiger partial charge is 0.356 e. The molecule has 1 fully saturated rings. The van der Waals surface area contributed by atoms with Crippen LogP contribution < -0.4 is 10.2 Å². The highest BCUT2D eigenvalue weighted by Gasteiger charge is 2.21. The van der Waals surface area contributed by atoms with E-state index in [1.165, 1.54) is 19.3 Å². The summed E-state index contributed by atoms with van der Waals surface area (Å²) in [6.45, 7) is 8.94. The molecule has 3 heterocycles. The molecule has 3 rings (SSSR count). The van der Waals surface area contributed by atoms with Crippen molar-refractivity contribution in [2.24, 2.45) is 5.41 Å². The fraction of sp³-hybridized carbons (Fsp3) is 0.647. The molecule has 7 heteroatoms. The summed E-state index contributed by atoms with van der Waals surface area (Å²) in [5, 5.41) is 8.38. The molecule has 130 valence electrons. The van der Waals surface area contributed by atoms with Gasteiger partial charge in [0.15, 0.2) is 5.65 Å². The van der Waals surface area contributed by atoms with Crippen molar-refractivity contribution in [2.75, 3.05) is 24.5 Å². The van der Waals surface area contributed by atoms with Crippen LogP contribution in [0.1, 0.15) is 40.0 Å². The molecular formula is C17H26N6O. The molecule has 0 radical (unpaired) electrons. The van der Waals surface area contributed by atoms with Gasteiger partial charge in [0.1, 0.15) is 12.1 Å². The third-order valence-electron chi connectivity index (χ3n) is 4.36. The van der Waals surface area contributed by atoms with Crippen molar-refractivity contribution < 1.29 is 4.79 Å². The van der Waals surface area contributed by atoms with E-state index >= 15 is 0 Å². The highest BCUT2D eigenvalue weighted by Crippen LogP contribution is 2.25. The molecule has 0 atom stereocenters. The molecule has 1 saturated heterocycles. The van der Waals surface area contributed by atoms with Crippen molar-refractivity contribution >= 4 is 22.8 Å². The summed E-state index contributed by atoms with van der Waals surface area (Å²) in [7, 11) is 0. The number of piperidine rings is 1. The van der Waals surface area contributed by atoms with Gasteiger partial charge in [-0.25, -0.2) is 14.6 Å². The first kappa shape index (κ1) is 16.7. The molecule has 0 bridgehead atoms. The number of nitrogens with one attached hydrogen (secondary N) is 1. The third-order valence-corrected chi connectivity index (χ3v) is 4.36. The molecule has 0 unspecified atom stereocenters. The van der Waals surface area contributed by atoms with Crippen molar-refractivity contribution in [3.63, 3.8) is 0 Å². The van der Waals surface area contributed by atoms with Gasteiger partial charge in [-0.3, -0.25) is 4.79 Å². The summed E-state index contributed by atoms with van der Waals surface area (Å²) in [6.07, 6.45) is 7.15. The van der Waals surface area contributed by atoms with Gasteiger partial charge in [-0.05, 0) is 19.3 Å². The Morgan fingerprint density at radius 2 is 1.96 bits per heavy atom. The lowest BCUT2D eigenvalue weighted by atomic mass is 9.96. The van der Waals surface area contributed by atoms with E-state index in [1.807, 2.05) is 31.6 Å². The van der Waals surface area contributed by atoms with Crippen LogP contribution in [-0.4, -0.2) is 45.3 Å². The topological polar surface area (TPSA) is 75.9 Å². The Kier molecular flexibility index (Phi) is 4.69. The Labute approximate surface area is 142 Å². The van der Waals surface area contributed by atoms with E-state index in [2.05, 4.69) is 25.3 Å². The monoisotopic (exact) mass is 330 g/mol. The fourth-order valence-electron chi connectivity index (χ4n) is 2.94. The van der Waals surface area contributed by atoms with E-state index in [4.69, 9.17) is 0 Å². The second kappa shape index (κ2) is 6.75. The lowest BCUT2D eigenvalue weighted by molar-refractivity contribution is -0.128. The normalized spacial score (nSPS) is 15.7. The maximum absolute atomic E-state index is 11.9. The number of fused-ring (bicyclic) bond motifs is 1. The smallest absolute Gasteiger partial charge is 0.225 e. The molecule has 2 aromatic heterocycles. The van der Waals surface area contributed by atoms with Crippen LogP contribution in [0, 0.1) is 5.41 Å². The van der Waals surface area contributed by atoms with E-state index in [9.17, 15) is 4.79 Å². The fourth-order valence-corrected chi connectivity index (χ4v) is 2.94.